The zero-order valence-corrected chi connectivity index (χ0v) is 10.8. The van der Waals surface area contributed by atoms with E-state index in [-0.39, 0.29) is 5.91 Å². The molecule has 1 aromatic rings. The molecule has 0 saturated heterocycles. The van der Waals surface area contributed by atoms with Crippen molar-refractivity contribution in [3.05, 3.63) is 28.8 Å². The summed E-state index contributed by atoms with van der Waals surface area (Å²) in [6.07, 6.45) is 1.69. The number of hydrogen-bond acceptors (Lipinski definition) is 2. The number of rotatable bonds is 4. The molecule has 92 valence electrons. The van der Waals surface area contributed by atoms with Crippen LogP contribution in [0, 0.1) is 6.92 Å². The average molecular weight is 254 g/mol. The predicted molar refractivity (Wildman–Crippen MR) is 67.4 cm³/mol. The number of carbonyl (C=O) groups is 1. The summed E-state index contributed by atoms with van der Waals surface area (Å²) in [6, 6.07) is 5.75. The maximum absolute atomic E-state index is 11.7. The summed E-state index contributed by atoms with van der Waals surface area (Å²) in [6.45, 7) is 3.66. The highest BCUT2D eigenvalue weighted by Crippen LogP contribution is 2.22. The Morgan fingerprint density at radius 2 is 2.24 bits per heavy atom. The van der Waals surface area contributed by atoms with E-state index in [1.165, 1.54) is 0 Å². The van der Waals surface area contributed by atoms with Gasteiger partial charge in [-0.15, -0.1) is 0 Å². The summed E-state index contributed by atoms with van der Waals surface area (Å²) in [5.74, 6) is 0.616. The zero-order valence-electron chi connectivity index (χ0n) is 10.00. The largest absolute Gasteiger partial charge is 0.481 e. The highest BCUT2D eigenvalue weighted by atomic mass is 35.5. The molecule has 1 fully saturated rings. The molecule has 0 heterocycles. The van der Waals surface area contributed by atoms with Gasteiger partial charge in [-0.2, -0.15) is 0 Å². The van der Waals surface area contributed by atoms with Crippen molar-refractivity contribution in [2.75, 3.05) is 0 Å². The van der Waals surface area contributed by atoms with Crippen molar-refractivity contribution in [3.63, 3.8) is 0 Å². The summed E-state index contributed by atoms with van der Waals surface area (Å²) in [5, 5.41) is 3.61. The maximum atomic E-state index is 11.7. The van der Waals surface area contributed by atoms with Crippen LogP contribution >= 0.6 is 11.6 Å². The second-order valence-corrected chi connectivity index (χ2v) is 4.86. The van der Waals surface area contributed by atoms with Gasteiger partial charge in [0, 0.05) is 11.1 Å². The second kappa shape index (κ2) is 4.96. The standard InChI is InChI=1S/C13H16ClNO2/c1-8-7-11(5-6-12(8)14)17-9(2)13(16)15-10-3-4-10/h5-7,9-10H,3-4H2,1-2H3,(H,15,16). The Balaban J connectivity index is 1.94. The van der Waals surface area contributed by atoms with E-state index in [2.05, 4.69) is 5.32 Å². The van der Waals surface area contributed by atoms with Crippen molar-refractivity contribution in [1.29, 1.82) is 0 Å². The number of amides is 1. The minimum absolute atomic E-state index is 0.0555. The molecule has 0 bridgehead atoms. The van der Waals surface area contributed by atoms with Gasteiger partial charge in [-0.05, 0) is 50.5 Å². The molecule has 0 radical (unpaired) electrons. The van der Waals surface area contributed by atoms with Crippen molar-refractivity contribution >= 4 is 17.5 Å². The summed E-state index contributed by atoms with van der Waals surface area (Å²) >= 11 is 5.92. The Kier molecular flexibility index (Phi) is 3.57. The Bertz CT molecular complexity index is 429. The van der Waals surface area contributed by atoms with Gasteiger partial charge < -0.3 is 10.1 Å². The third kappa shape index (κ3) is 3.37. The van der Waals surface area contributed by atoms with Crippen LogP contribution in [0.3, 0.4) is 0 Å². The van der Waals surface area contributed by atoms with Crippen LogP contribution in [0.5, 0.6) is 5.75 Å². The van der Waals surface area contributed by atoms with E-state index in [1.54, 1.807) is 19.1 Å². The molecular weight excluding hydrogens is 238 g/mol. The monoisotopic (exact) mass is 253 g/mol. The number of benzene rings is 1. The molecule has 1 saturated carbocycles. The highest BCUT2D eigenvalue weighted by molar-refractivity contribution is 6.31. The molecule has 0 aromatic heterocycles. The normalized spacial score (nSPS) is 16.4. The zero-order chi connectivity index (χ0) is 12.4. The molecule has 1 aliphatic carbocycles. The fourth-order valence-electron chi connectivity index (χ4n) is 1.49. The Morgan fingerprint density at radius 3 is 2.82 bits per heavy atom. The number of carbonyl (C=O) groups excluding carboxylic acids is 1. The van der Waals surface area contributed by atoms with E-state index in [9.17, 15) is 4.79 Å². The minimum atomic E-state index is -0.476. The smallest absolute Gasteiger partial charge is 0.260 e. The summed E-state index contributed by atoms with van der Waals surface area (Å²) in [5.41, 5.74) is 0.943. The van der Waals surface area contributed by atoms with E-state index < -0.39 is 6.10 Å². The Labute approximate surface area is 106 Å². The van der Waals surface area contributed by atoms with Crippen molar-refractivity contribution in [2.24, 2.45) is 0 Å². The third-order valence-corrected chi connectivity index (χ3v) is 3.16. The van der Waals surface area contributed by atoms with Crippen LogP contribution in [0.25, 0.3) is 0 Å². The first-order chi connectivity index (χ1) is 8.06. The highest BCUT2D eigenvalue weighted by Gasteiger charge is 2.26. The molecule has 0 spiro atoms. The first-order valence-corrected chi connectivity index (χ1v) is 6.17. The van der Waals surface area contributed by atoms with Gasteiger partial charge in [-0.1, -0.05) is 11.6 Å². The summed E-state index contributed by atoms with van der Waals surface area (Å²) < 4.78 is 5.57. The van der Waals surface area contributed by atoms with Gasteiger partial charge in [-0.3, -0.25) is 4.79 Å². The van der Waals surface area contributed by atoms with E-state index in [1.807, 2.05) is 13.0 Å². The lowest BCUT2D eigenvalue weighted by molar-refractivity contribution is -0.127. The molecule has 0 aliphatic heterocycles. The number of nitrogens with one attached hydrogen (secondary N) is 1. The maximum Gasteiger partial charge on any atom is 0.260 e. The number of halogens is 1. The van der Waals surface area contributed by atoms with Gasteiger partial charge in [-0.25, -0.2) is 0 Å². The van der Waals surface area contributed by atoms with Crippen LogP contribution in [0.2, 0.25) is 5.02 Å². The second-order valence-electron chi connectivity index (χ2n) is 4.45. The Hall–Kier alpha value is -1.22. The van der Waals surface area contributed by atoms with Crippen LogP contribution in [0.4, 0.5) is 0 Å². The van der Waals surface area contributed by atoms with Crippen LogP contribution in [0.1, 0.15) is 25.3 Å². The van der Waals surface area contributed by atoms with E-state index in [4.69, 9.17) is 16.3 Å². The fourth-order valence-corrected chi connectivity index (χ4v) is 1.61. The van der Waals surface area contributed by atoms with E-state index >= 15 is 0 Å². The topological polar surface area (TPSA) is 38.3 Å². The molecule has 1 aromatic carbocycles. The molecular formula is C13H16ClNO2. The molecule has 4 heteroatoms. The van der Waals surface area contributed by atoms with Gasteiger partial charge in [0.05, 0.1) is 0 Å². The molecule has 1 amide bonds. The van der Waals surface area contributed by atoms with Crippen LogP contribution < -0.4 is 10.1 Å². The molecule has 3 nitrogen and oxygen atoms in total. The molecule has 17 heavy (non-hydrogen) atoms. The van der Waals surface area contributed by atoms with Gasteiger partial charge in [0.2, 0.25) is 0 Å². The first kappa shape index (κ1) is 12.2. The van der Waals surface area contributed by atoms with E-state index in [0.29, 0.717) is 16.8 Å². The van der Waals surface area contributed by atoms with Crippen molar-refractivity contribution in [1.82, 2.24) is 5.32 Å². The lowest BCUT2D eigenvalue weighted by Gasteiger charge is -2.15. The Morgan fingerprint density at radius 1 is 1.53 bits per heavy atom. The first-order valence-electron chi connectivity index (χ1n) is 5.79. The SMILES string of the molecule is Cc1cc(OC(C)C(=O)NC2CC2)ccc1Cl. The minimum Gasteiger partial charge on any atom is -0.481 e. The molecule has 1 N–H and O–H groups in total. The fraction of sp³-hybridized carbons (Fsp3) is 0.462. The molecule has 2 rings (SSSR count). The quantitative estimate of drug-likeness (QED) is 0.896. The van der Waals surface area contributed by atoms with Crippen molar-refractivity contribution in [2.45, 2.75) is 38.8 Å². The number of aryl methyl sites for hydroxylation is 1. The van der Waals surface area contributed by atoms with Crippen molar-refractivity contribution < 1.29 is 9.53 Å². The van der Waals surface area contributed by atoms with Gasteiger partial charge in [0.15, 0.2) is 6.10 Å². The lowest BCUT2D eigenvalue weighted by atomic mass is 10.2. The van der Waals surface area contributed by atoms with E-state index in [0.717, 1.165) is 18.4 Å². The molecule has 1 unspecified atom stereocenters. The summed E-state index contributed by atoms with van der Waals surface area (Å²) in [7, 11) is 0. The predicted octanol–water partition coefficient (Wildman–Crippen LogP) is 2.69. The van der Waals surface area contributed by atoms with Gasteiger partial charge in [0.25, 0.3) is 5.91 Å². The number of hydrogen-bond donors (Lipinski definition) is 1. The summed E-state index contributed by atoms with van der Waals surface area (Å²) in [4.78, 5) is 11.7. The molecule has 1 atom stereocenters. The molecule has 1 aliphatic rings. The number of ether oxygens (including phenoxy) is 1. The van der Waals surface area contributed by atoms with Gasteiger partial charge >= 0.3 is 0 Å². The third-order valence-electron chi connectivity index (χ3n) is 2.74. The van der Waals surface area contributed by atoms with Gasteiger partial charge in [0.1, 0.15) is 5.75 Å². The average Bonchev–Trinajstić information content (AvgIpc) is 3.07. The van der Waals surface area contributed by atoms with Crippen molar-refractivity contribution in [3.8, 4) is 5.75 Å². The van der Waals surface area contributed by atoms with Crippen LogP contribution in [-0.4, -0.2) is 18.1 Å². The van der Waals surface area contributed by atoms with Crippen LogP contribution in [-0.2, 0) is 4.79 Å². The van der Waals surface area contributed by atoms with Crippen LogP contribution in [0.15, 0.2) is 18.2 Å². The lowest BCUT2D eigenvalue weighted by Crippen LogP contribution is -2.37.